The monoisotopic (exact) mass is 483 g/mol. The van der Waals surface area contributed by atoms with Gasteiger partial charge in [0, 0.05) is 0 Å². The van der Waals surface area contributed by atoms with Crippen molar-refractivity contribution in [3.63, 3.8) is 0 Å². The number of halogens is 2. The van der Waals surface area contributed by atoms with Crippen molar-refractivity contribution in [3.8, 4) is 16.9 Å². The van der Waals surface area contributed by atoms with Gasteiger partial charge in [0.05, 0.1) is 0 Å². The largest absolute Gasteiger partial charge is 0.147 e. The maximum absolute atomic E-state index is 6.86. The van der Waals surface area contributed by atoms with Crippen LogP contribution < -0.4 is 3.32 Å². The van der Waals surface area contributed by atoms with Gasteiger partial charge in [0.1, 0.15) is 0 Å². The Kier molecular flexibility index (Phi) is 9.98. The molecule has 5 heteroatoms. The molecule has 0 bridgehead atoms. The Balaban J connectivity index is 0.00000210. The van der Waals surface area contributed by atoms with Gasteiger partial charge in [-0.05, 0) is 0 Å². The van der Waals surface area contributed by atoms with Gasteiger partial charge in [-0.3, -0.25) is 0 Å². The van der Waals surface area contributed by atoms with Crippen molar-refractivity contribution in [1.82, 2.24) is 0 Å². The SMILES string of the molecule is Cc1cc([O][Ti]([C]2=C(C(C)(C)C)C=CC2)[SiH](C)C)cc(-c2ccccc2)c1.Cl.Cl. The van der Waals surface area contributed by atoms with Crippen LogP contribution in [0.4, 0.5) is 0 Å². The minimum Gasteiger partial charge on any atom is -0.147 e. The fourth-order valence-electron chi connectivity index (χ4n) is 3.70. The van der Waals surface area contributed by atoms with Gasteiger partial charge in [0.25, 0.3) is 0 Å². The number of rotatable bonds is 5. The van der Waals surface area contributed by atoms with Gasteiger partial charge >= 0.3 is 173 Å². The van der Waals surface area contributed by atoms with Crippen LogP contribution in [0.3, 0.4) is 0 Å². The Morgan fingerprint density at radius 1 is 0.931 bits per heavy atom. The first-order valence-electron chi connectivity index (χ1n) is 9.88. The van der Waals surface area contributed by atoms with Gasteiger partial charge in [-0.1, -0.05) is 0 Å². The molecule has 0 N–H and O–H groups in total. The van der Waals surface area contributed by atoms with Crippen LogP contribution in [0.2, 0.25) is 13.1 Å². The molecule has 29 heavy (non-hydrogen) atoms. The Morgan fingerprint density at radius 3 is 2.17 bits per heavy atom. The van der Waals surface area contributed by atoms with Crippen LogP contribution in [0.25, 0.3) is 11.1 Å². The molecule has 0 saturated heterocycles. The van der Waals surface area contributed by atoms with Gasteiger partial charge < -0.3 is 0 Å². The van der Waals surface area contributed by atoms with E-state index < -0.39 is 24.2 Å². The van der Waals surface area contributed by atoms with Crippen LogP contribution in [0.15, 0.2) is 70.1 Å². The van der Waals surface area contributed by atoms with Gasteiger partial charge in [0.2, 0.25) is 0 Å². The van der Waals surface area contributed by atoms with Crippen molar-refractivity contribution >= 4 is 31.5 Å². The summed E-state index contributed by atoms with van der Waals surface area (Å²) in [5, 5.41) is 0. The molecule has 0 radical (unpaired) electrons. The van der Waals surface area contributed by atoms with Gasteiger partial charge in [-0.2, -0.15) is 0 Å². The van der Waals surface area contributed by atoms with E-state index in [4.69, 9.17) is 3.32 Å². The first kappa shape index (κ1) is 26.3. The molecule has 1 aliphatic carbocycles. The zero-order valence-corrected chi connectivity index (χ0v) is 22.6. The number of hydrogen-bond donors (Lipinski definition) is 0. The van der Waals surface area contributed by atoms with E-state index in [-0.39, 0.29) is 30.2 Å². The molecule has 0 unspecified atom stereocenters. The Hall–Kier alpha value is -0.769. The minimum absolute atomic E-state index is 0. The standard InChI is InChI=1S/C13H12O.C9H13.C2H7Si.2ClH.Ti/c1-10-7-12(9-13(14)8-10)11-5-3-2-4-6-11;1-9(2,3)8-6-4-5-7-8;1-3-2;;;/h2-9,14H,1H3;4,6H,5H2,1-3H3;3H,1-2H3;2*1H;/q;;;;;+1/p-1. The predicted molar refractivity (Wildman–Crippen MR) is 131 cm³/mol. The first-order chi connectivity index (χ1) is 12.8. The summed E-state index contributed by atoms with van der Waals surface area (Å²) in [5.41, 5.74) is 5.52. The normalized spacial score (nSPS) is 13.2. The summed E-state index contributed by atoms with van der Waals surface area (Å²) in [7, 11) is 0. The molecule has 157 valence electrons. The molecule has 0 heterocycles. The van der Waals surface area contributed by atoms with E-state index in [1.54, 1.807) is 3.88 Å². The summed E-state index contributed by atoms with van der Waals surface area (Å²) in [6.07, 6.45) is 5.80. The van der Waals surface area contributed by atoms with Crippen LogP contribution in [0.5, 0.6) is 5.75 Å². The second-order valence-corrected chi connectivity index (χ2v) is 21.1. The summed E-state index contributed by atoms with van der Waals surface area (Å²) in [5.74, 6) is 1.07. The molecule has 2 aromatic carbocycles. The van der Waals surface area contributed by atoms with E-state index in [1.807, 2.05) is 0 Å². The molecule has 0 amide bonds. The third kappa shape index (κ3) is 6.60. The molecular weight excluding hydrogens is 451 g/mol. The zero-order valence-electron chi connectivity index (χ0n) is 18.3. The molecule has 0 spiro atoms. The van der Waals surface area contributed by atoms with Gasteiger partial charge in [-0.15, -0.1) is 24.8 Å². The van der Waals surface area contributed by atoms with E-state index >= 15 is 0 Å². The number of hydrogen-bond acceptors (Lipinski definition) is 1. The second-order valence-electron chi connectivity index (χ2n) is 8.77. The third-order valence-corrected chi connectivity index (χ3v) is 15.2. The first-order valence-corrected chi connectivity index (χ1v) is 16.9. The molecule has 0 saturated carbocycles. The van der Waals surface area contributed by atoms with E-state index in [9.17, 15) is 0 Å². The molecule has 0 aromatic heterocycles. The quantitative estimate of drug-likeness (QED) is 0.396. The van der Waals surface area contributed by atoms with Gasteiger partial charge in [-0.25, -0.2) is 0 Å². The van der Waals surface area contributed by atoms with Crippen molar-refractivity contribution in [2.75, 3.05) is 0 Å². The van der Waals surface area contributed by atoms with E-state index in [0.717, 1.165) is 12.2 Å². The van der Waals surface area contributed by atoms with Crippen molar-refractivity contribution in [2.45, 2.75) is 47.2 Å². The van der Waals surface area contributed by atoms with Crippen molar-refractivity contribution in [2.24, 2.45) is 5.41 Å². The predicted octanol–water partition coefficient (Wildman–Crippen LogP) is 7.66. The fourth-order valence-corrected chi connectivity index (χ4v) is 13.1. The molecule has 1 aliphatic rings. The molecule has 2 aromatic rings. The number of benzene rings is 2. The van der Waals surface area contributed by atoms with E-state index in [2.05, 4.69) is 101 Å². The summed E-state index contributed by atoms with van der Waals surface area (Å²) in [6.45, 7) is 13.2. The number of allylic oxidation sites excluding steroid dienone is 4. The molecule has 3 rings (SSSR count). The smallest absolute Gasteiger partial charge is 0.147 e. The van der Waals surface area contributed by atoms with Gasteiger partial charge in [0.15, 0.2) is 0 Å². The Bertz CT molecular complexity index is 870. The summed E-state index contributed by atoms with van der Waals surface area (Å²) in [4.78, 5) is 0. The van der Waals surface area contributed by atoms with E-state index in [0.29, 0.717) is 0 Å². The maximum atomic E-state index is 6.86. The molecule has 0 aliphatic heterocycles. The van der Waals surface area contributed by atoms with E-state index in [1.165, 1.54) is 22.3 Å². The molecular formula is C24H33Cl2OSiTi. The minimum atomic E-state index is -1.75. The Morgan fingerprint density at radius 2 is 1.59 bits per heavy atom. The summed E-state index contributed by atoms with van der Waals surface area (Å²) < 4.78 is 8.52. The van der Waals surface area contributed by atoms with Crippen LogP contribution in [0, 0.1) is 12.3 Å². The van der Waals surface area contributed by atoms with Crippen LogP contribution in [0.1, 0.15) is 32.8 Å². The molecule has 1 nitrogen and oxygen atoms in total. The van der Waals surface area contributed by atoms with Crippen molar-refractivity contribution in [3.05, 3.63) is 75.7 Å². The molecule has 0 atom stereocenters. The topological polar surface area (TPSA) is 9.23 Å². The zero-order chi connectivity index (χ0) is 19.6. The Labute approximate surface area is 196 Å². The van der Waals surface area contributed by atoms with Crippen molar-refractivity contribution < 1.29 is 20.8 Å². The second kappa shape index (κ2) is 11.0. The number of aryl methyl sites for hydroxylation is 1. The fraction of sp³-hybridized carbons (Fsp3) is 0.333. The van der Waals surface area contributed by atoms with Crippen LogP contribution in [-0.4, -0.2) is 6.66 Å². The third-order valence-electron chi connectivity index (χ3n) is 4.95. The van der Waals surface area contributed by atoms with Crippen LogP contribution in [-0.2, 0) is 17.5 Å². The van der Waals surface area contributed by atoms with Crippen LogP contribution >= 0.6 is 24.8 Å². The van der Waals surface area contributed by atoms with Crippen molar-refractivity contribution in [1.29, 1.82) is 0 Å². The maximum Gasteiger partial charge on any atom is -0.147 e. The summed E-state index contributed by atoms with van der Waals surface area (Å²) in [6, 6.07) is 17.3. The average molecular weight is 484 g/mol. The summed E-state index contributed by atoms with van der Waals surface area (Å²) >= 11 is -1.75. The molecule has 0 fully saturated rings. The average Bonchev–Trinajstić information content (AvgIpc) is 3.09.